The van der Waals surface area contributed by atoms with Crippen molar-refractivity contribution in [2.24, 2.45) is 5.92 Å². The number of terminal acetylenes is 1. The van der Waals surface area contributed by atoms with Crippen molar-refractivity contribution >= 4 is 11.9 Å². The van der Waals surface area contributed by atoms with Crippen LogP contribution in [0.25, 0.3) is 0 Å². The van der Waals surface area contributed by atoms with Crippen LogP contribution >= 0.6 is 0 Å². The molecule has 0 saturated carbocycles. The average Bonchev–Trinajstić information content (AvgIpc) is 2.59. The molecule has 25 heavy (non-hydrogen) atoms. The molecule has 4 heteroatoms. The molecule has 0 spiro atoms. The molecule has 1 saturated heterocycles. The van der Waals surface area contributed by atoms with Crippen LogP contribution in [0, 0.1) is 18.3 Å². The van der Waals surface area contributed by atoms with Gasteiger partial charge in [-0.2, -0.15) is 0 Å². The van der Waals surface area contributed by atoms with Crippen LogP contribution in [0.1, 0.15) is 25.0 Å². The Morgan fingerprint density at radius 1 is 0.880 bits per heavy atom. The molecule has 1 aliphatic heterocycles. The second kappa shape index (κ2) is 6.10. The monoisotopic (exact) mass is 334 g/mol. The first kappa shape index (κ1) is 16.8. The van der Waals surface area contributed by atoms with Crippen LogP contribution in [0.2, 0.25) is 0 Å². The zero-order valence-electron chi connectivity index (χ0n) is 14.1. The van der Waals surface area contributed by atoms with Crippen molar-refractivity contribution in [3.05, 3.63) is 71.8 Å². The van der Waals surface area contributed by atoms with E-state index in [1.54, 1.807) is 24.3 Å². The van der Waals surface area contributed by atoms with Crippen LogP contribution in [-0.2, 0) is 24.5 Å². The van der Waals surface area contributed by atoms with E-state index in [2.05, 4.69) is 5.92 Å². The van der Waals surface area contributed by atoms with Gasteiger partial charge >= 0.3 is 11.9 Å². The van der Waals surface area contributed by atoms with Crippen LogP contribution in [0.15, 0.2) is 60.7 Å². The fourth-order valence-corrected chi connectivity index (χ4v) is 3.23. The van der Waals surface area contributed by atoms with Gasteiger partial charge in [-0.3, -0.25) is 9.59 Å². The molecule has 126 valence electrons. The standard InChI is InChI=1S/C21H18O4/c1-4-21(15-11-7-5-8-12-15,16-13-9-6-10-14-16)17-18(22)24-20(2,3)25-19(17)23/h1,5-14,17H,2-3H3. The third-order valence-electron chi connectivity index (χ3n) is 4.28. The minimum Gasteiger partial charge on any atom is -0.422 e. The number of carbonyl (C=O) groups is 2. The molecular weight excluding hydrogens is 316 g/mol. The second-order valence-electron chi connectivity index (χ2n) is 6.36. The Morgan fingerprint density at radius 3 is 1.64 bits per heavy atom. The summed E-state index contributed by atoms with van der Waals surface area (Å²) in [5, 5.41) is 0. The number of hydrogen-bond acceptors (Lipinski definition) is 4. The van der Waals surface area contributed by atoms with Crippen molar-refractivity contribution in [2.75, 3.05) is 0 Å². The summed E-state index contributed by atoms with van der Waals surface area (Å²) in [4.78, 5) is 25.5. The van der Waals surface area contributed by atoms with Gasteiger partial charge in [0, 0.05) is 13.8 Å². The largest absolute Gasteiger partial charge is 0.422 e. The Morgan fingerprint density at radius 2 is 1.28 bits per heavy atom. The molecule has 0 aliphatic carbocycles. The molecule has 3 rings (SSSR count). The van der Waals surface area contributed by atoms with Gasteiger partial charge in [-0.25, -0.2) is 0 Å². The van der Waals surface area contributed by atoms with E-state index in [1.807, 2.05) is 36.4 Å². The number of ether oxygens (including phenoxy) is 2. The number of carbonyl (C=O) groups excluding carboxylic acids is 2. The zero-order valence-corrected chi connectivity index (χ0v) is 14.1. The van der Waals surface area contributed by atoms with Crippen molar-refractivity contribution in [1.82, 2.24) is 0 Å². The van der Waals surface area contributed by atoms with Gasteiger partial charge in [0.15, 0.2) is 5.92 Å². The van der Waals surface area contributed by atoms with Crippen molar-refractivity contribution in [1.29, 1.82) is 0 Å². The van der Waals surface area contributed by atoms with Gasteiger partial charge in [-0.05, 0) is 11.1 Å². The van der Waals surface area contributed by atoms with E-state index in [0.29, 0.717) is 11.1 Å². The summed E-state index contributed by atoms with van der Waals surface area (Å²) in [6.07, 6.45) is 5.93. The quantitative estimate of drug-likeness (QED) is 0.492. The predicted molar refractivity (Wildman–Crippen MR) is 92.3 cm³/mol. The first-order chi connectivity index (χ1) is 11.9. The fraction of sp³-hybridized carbons (Fsp3) is 0.238. The van der Waals surface area contributed by atoms with E-state index < -0.39 is 29.1 Å². The Labute approximate surface area is 146 Å². The zero-order chi connectivity index (χ0) is 18.1. The van der Waals surface area contributed by atoms with Crippen LogP contribution in [0.5, 0.6) is 0 Å². The van der Waals surface area contributed by atoms with Gasteiger partial charge in [0.1, 0.15) is 5.41 Å². The second-order valence-corrected chi connectivity index (χ2v) is 6.36. The van der Waals surface area contributed by atoms with E-state index in [4.69, 9.17) is 15.9 Å². The molecule has 4 nitrogen and oxygen atoms in total. The lowest BCUT2D eigenvalue weighted by molar-refractivity contribution is -0.241. The van der Waals surface area contributed by atoms with Gasteiger partial charge in [0.2, 0.25) is 0 Å². The first-order valence-corrected chi connectivity index (χ1v) is 7.95. The SMILES string of the molecule is C#CC(c1ccccc1)(c1ccccc1)C1C(=O)OC(C)(C)OC1=O. The molecule has 0 unspecified atom stereocenters. The summed E-state index contributed by atoms with van der Waals surface area (Å²) < 4.78 is 10.7. The highest BCUT2D eigenvalue weighted by atomic mass is 16.7. The summed E-state index contributed by atoms with van der Waals surface area (Å²) in [7, 11) is 0. The molecular formula is C21H18O4. The van der Waals surface area contributed by atoms with Gasteiger partial charge in [0.25, 0.3) is 5.79 Å². The normalized spacial score (nSPS) is 17.3. The smallest absolute Gasteiger partial charge is 0.325 e. The molecule has 0 radical (unpaired) electrons. The third kappa shape index (κ3) is 2.78. The minimum absolute atomic E-state index is 0.655. The topological polar surface area (TPSA) is 52.6 Å². The maximum atomic E-state index is 12.8. The van der Waals surface area contributed by atoms with Gasteiger partial charge < -0.3 is 9.47 Å². The summed E-state index contributed by atoms with van der Waals surface area (Å²) >= 11 is 0. The molecule has 0 aromatic heterocycles. The lowest BCUT2D eigenvalue weighted by atomic mass is 9.66. The highest BCUT2D eigenvalue weighted by molar-refractivity contribution is 6.00. The molecule has 2 aromatic carbocycles. The highest BCUT2D eigenvalue weighted by Crippen LogP contribution is 2.43. The molecule has 1 aliphatic rings. The Kier molecular flexibility index (Phi) is 4.10. The highest BCUT2D eigenvalue weighted by Gasteiger charge is 2.56. The summed E-state index contributed by atoms with van der Waals surface area (Å²) in [6, 6.07) is 18.1. The number of esters is 2. The van der Waals surface area contributed by atoms with Gasteiger partial charge in [-0.15, -0.1) is 6.42 Å². The molecule has 0 N–H and O–H groups in total. The maximum absolute atomic E-state index is 12.8. The van der Waals surface area contributed by atoms with E-state index in [0.717, 1.165) is 0 Å². The summed E-state index contributed by atoms with van der Waals surface area (Å²) in [6.45, 7) is 3.03. The minimum atomic E-state index is -1.31. The number of cyclic esters (lactones) is 2. The molecule has 2 aromatic rings. The van der Waals surface area contributed by atoms with E-state index in [9.17, 15) is 9.59 Å². The van der Waals surface area contributed by atoms with E-state index in [-0.39, 0.29) is 0 Å². The Hall–Kier alpha value is -3.06. The summed E-state index contributed by atoms with van der Waals surface area (Å²) in [5.41, 5.74) is -0.00249. The van der Waals surface area contributed by atoms with Crippen molar-refractivity contribution in [2.45, 2.75) is 25.0 Å². The predicted octanol–water partition coefficient (Wildman–Crippen LogP) is 3.06. The summed E-state index contributed by atoms with van der Waals surface area (Å²) in [5.74, 6) is -1.26. The van der Waals surface area contributed by atoms with Crippen LogP contribution < -0.4 is 0 Å². The molecule has 0 atom stereocenters. The molecule has 1 heterocycles. The average molecular weight is 334 g/mol. The first-order valence-electron chi connectivity index (χ1n) is 7.95. The van der Waals surface area contributed by atoms with E-state index in [1.165, 1.54) is 13.8 Å². The van der Waals surface area contributed by atoms with E-state index >= 15 is 0 Å². The Balaban J connectivity index is 2.24. The third-order valence-corrected chi connectivity index (χ3v) is 4.28. The molecule has 0 amide bonds. The van der Waals surface area contributed by atoms with Crippen molar-refractivity contribution in [3.8, 4) is 12.3 Å². The lowest BCUT2D eigenvalue weighted by Crippen LogP contribution is -2.54. The Bertz CT molecular complexity index is 772. The van der Waals surface area contributed by atoms with Crippen molar-refractivity contribution in [3.63, 3.8) is 0 Å². The fourth-order valence-electron chi connectivity index (χ4n) is 3.23. The molecule has 1 fully saturated rings. The molecule has 0 bridgehead atoms. The van der Waals surface area contributed by atoms with Crippen LogP contribution in [0.4, 0.5) is 0 Å². The van der Waals surface area contributed by atoms with Crippen molar-refractivity contribution < 1.29 is 19.1 Å². The van der Waals surface area contributed by atoms with Crippen LogP contribution in [0.3, 0.4) is 0 Å². The number of hydrogen-bond donors (Lipinski definition) is 0. The lowest BCUT2D eigenvalue weighted by Gasteiger charge is -2.41. The number of benzene rings is 2. The number of rotatable bonds is 3. The van der Waals surface area contributed by atoms with Crippen LogP contribution in [-0.4, -0.2) is 17.7 Å². The van der Waals surface area contributed by atoms with Gasteiger partial charge in [-0.1, -0.05) is 66.6 Å². The van der Waals surface area contributed by atoms with Gasteiger partial charge in [0.05, 0.1) is 0 Å². The maximum Gasteiger partial charge on any atom is 0.325 e.